The number of anilines is 1. The number of hydrogen-bond donors (Lipinski definition) is 2. The number of amides is 1. The number of nitrogens with zero attached hydrogens (tertiary/aromatic N) is 3. The highest BCUT2D eigenvalue weighted by atomic mass is 19.1. The van der Waals surface area contributed by atoms with Crippen LogP contribution >= 0.6 is 0 Å². The molecule has 0 atom stereocenters. The summed E-state index contributed by atoms with van der Waals surface area (Å²) in [5.41, 5.74) is 4.37. The van der Waals surface area contributed by atoms with Crippen molar-refractivity contribution >= 4 is 11.6 Å². The second-order valence-corrected chi connectivity index (χ2v) is 6.45. The summed E-state index contributed by atoms with van der Waals surface area (Å²) < 4.78 is 14.7. The van der Waals surface area contributed by atoms with Crippen LogP contribution in [-0.4, -0.2) is 25.9 Å². The first kappa shape index (κ1) is 17.7. The Labute approximate surface area is 161 Å². The SMILES string of the molecule is Cc1c(-c2ccccc2)n[nH]c1C(=O)Nc1cnn(Cc2ccc(F)cc2)c1. The highest BCUT2D eigenvalue weighted by Crippen LogP contribution is 2.23. The van der Waals surface area contributed by atoms with Crippen molar-refractivity contribution in [3.05, 3.63) is 89.6 Å². The van der Waals surface area contributed by atoms with Gasteiger partial charge in [-0.1, -0.05) is 42.5 Å². The number of halogens is 1. The van der Waals surface area contributed by atoms with Crippen LogP contribution < -0.4 is 5.32 Å². The Hall–Kier alpha value is -3.74. The fourth-order valence-electron chi connectivity index (χ4n) is 2.98. The summed E-state index contributed by atoms with van der Waals surface area (Å²) >= 11 is 0. The number of aromatic amines is 1. The average molecular weight is 375 g/mol. The molecule has 4 rings (SSSR count). The molecule has 0 unspecified atom stereocenters. The van der Waals surface area contributed by atoms with Crippen LogP contribution in [0.3, 0.4) is 0 Å². The van der Waals surface area contributed by atoms with Gasteiger partial charge in [0.2, 0.25) is 0 Å². The fourth-order valence-corrected chi connectivity index (χ4v) is 2.98. The number of carbonyl (C=O) groups excluding carboxylic acids is 1. The van der Waals surface area contributed by atoms with E-state index in [-0.39, 0.29) is 11.7 Å². The molecular weight excluding hydrogens is 357 g/mol. The van der Waals surface area contributed by atoms with Gasteiger partial charge in [-0.15, -0.1) is 0 Å². The van der Waals surface area contributed by atoms with E-state index < -0.39 is 0 Å². The number of aromatic nitrogens is 4. The van der Waals surface area contributed by atoms with E-state index in [9.17, 15) is 9.18 Å². The van der Waals surface area contributed by atoms with Crippen LogP contribution in [0, 0.1) is 12.7 Å². The van der Waals surface area contributed by atoms with Crippen molar-refractivity contribution in [2.24, 2.45) is 0 Å². The molecule has 2 aromatic carbocycles. The molecule has 0 saturated heterocycles. The number of benzene rings is 2. The predicted octanol–water partition coefficient (Wildman–Crippen LogP) is 4.02. The van der Waals surface area contributed by atoms with Crippen molar-refractivity contribution in [2.75, 3.05) is 5.32 Å². The predicted molar refractivity (Wildman–Crippen MR) is 104 cm³/mol. The zero-order chi connectivity index (χ0) is 19.5. The van der Waals surface area contributed by atoms with E-state index in [2.05, 4.69) is 20.6 Å². The summed E-state index contributed by atoms with van der Waals surface area (Å²) in [6, 6.07) is 15.9. The minimum Gasteiger partial charge on any atom is -0.318 e. The van der Waals surface area contributed by atoms with Crippen LogP contribution in [0.2, 0.25) is 0 Å². The van der Waals surface area contributed by atoms with Gasteiger partial charge in [0.1, 0.15) is 11.5 Å². The summed E-state index contributed by atoms with van der Waals surface area (Å²) in [6.45, 7) is 2.34. The maximum absolute atomic E-state index is 13.0. The van der Waals surface area contributed by atoms with E-state index in [0.29, 0.717) is 17.9 Å². The third-order valence-corrected chi connectivity index (χ3v) is 4.43. The third kappa shape index (κ3) is 3.68. The first-order chi connectivity index (χ1) is 13.6. The van der Waals surface area contributed by atoms with Crippen molar-refractivity contribution in [1.82, 2.24) is 20.0 Å². The molecule has 0 aliphatic carbocycles. The molecule has 140 valence electrons. The molecule has 2 aromatic heterocycles. The zero-order valence-electron chi connectivity index (χ0n) is 15.2. The molecule has 7 heteroatoms. The minimum absolute atomic E-state index is 0.276. The molecule has 2 N–H and O–H groups in total. The largest absolute Gasteiger partial charge is 0.318 e. The van der Waals surface area contributed by atoms with Gasteiger partial charge in [-0.2, -0.15) is 10.2 Å². The molecule has 0 aliphatic heterocycles. The highest BCUT2D eigenvalue weighted by Gasteiger charge is 2.17. The summed E-state index contributed by atoms with van der Waals surface area (Å²) in [4.78, 5) is 12.6. The van der Waals surface area contributed by atoms with Gasteiger partial charge in [0, 0.05) is 17.3 Å². The first-order valence-corrected chi connectivity index (χ1v) is 8.79. The van der Waals surface area contributed by atoms with Crippen molar-refractivity contribution in [1.29, 1.82) is 0 Å². The Morgan fingerprint density at radius 3 is 2.64 bits per heavy atom. The van der Waals surface area contributed by atoms with Gasteiger partial charge in [0.15, 0.2) is 0 Å². The van der Waals surface area contributed by atoms with Crippen molar-refractivity contribution in [2.45, 2.75) is 13.5 Å². The molecule has 0 fully saturated rings. The van der Waals surface area contributed by atoms with Crippen LogP contribution in [-0.2, 0) is 6.54 Å². The lowest BCUT2D eigenvalue weighted by Crippen LogP contribution is -2.13. The lowest BCUT2D eigenvalue weighted by molar-refractivity contribution is 0.102. The molecule has 0 bridgehead atoms. The van der Waals surface area contributed by atoms with Crippen molar-refractivity contribution in [3.8, 4) is 11.3 Å². The fraction of sp³-hybridized carbons (Fsp3) is 0.0952. The van der Waals surface area contributed by atoms with Gasteiger partial charge in [-0.3, -0.25) is 14.6 Å². The van der Waals surface area contributed by atoms with Gasteiger partial charge >= 0.3 is 0 Å². The molecule has 6 nitrogen and oxygen atoms in total. The molecule has 1 amide bonds. The lowest BCUT2D eigenvalue weighted by atomic mass is 10.1. The van der Waals surface area contributed by atoms with E-state index in [0.717, 1.165) is 22.4 Å². The third-order valence-electron chi connectivity index (χ3n) is 4.43. The number of rotatable bonds is 5. The summed E-state index contributed by atoms with van der Waals surface area (Å²) in [6.07, 6.45) is 3.30. The maximum Gasteiger partial charge on any atom is 0.274 e. The van der Waals surface area contributed by atoms with Crippen molar-refractivity contribution in [3.63, 3.8) is 0 Å². The van der Waals surface area contributed by atoms with Gasteiger partial charge in [0.05, 0.1) is 24.1 Å². The zero-order valence-corrected chi connectivity index (χ0v) is 15.2. The first-order valence-electron chi connectivity index (χ1n) is 8.79. The van der Waals surface area contributed by atoms with E-state index in [4.69, 9.17) is 0 Å². The smallest absolute Gasteiger partial charge is 0.274 e. The lowest BCUT2D eigenvalue weighted by Gasteiger charge is -2.03. The van der Waals surface area contributed by atoms with Crippen molar-refractivity contribution < 1.29 is 9.18 Å². The second kappa shape index (κ2) is 7.48. The van der Waals surface area contributed by atoms with E-state index in [1.165, 1.54) is 12.1 Å². The second-order valence-electron chi connectivity index (χ2n) is 6.45. The van der Waals surface area contributed by atoms with Crippen LogP contribution in [0.1, 0.15) is 21.6 Å². The van der Waals surface area contributed by atoms with Crippen LogP contribution in [0.25, 0.3) is 11.3 Å². The van der Waals surface area contributed by atoms with Gasteiger partial charge in [0.25, 0.3) is 5.91 Å². The number of H-pyrrole nitrogens is 1. The van der Waals surface area contributed by atoms with Crippen LogP contribution in [0.15, 0.2) is 67.0 Å². The molecule has 0 spiro atoms. The van der Waals surface area contributed by atoms with Crippen LogP contribution in [0.5, 0.6) is 0 Å². The average Bonchev–Trinajstić information content (AvgIpc) is 3.30. The van der Waals surface area contributed by atoms with E-state index >= 15 is 0 Å². The van der Waals surface area contributed by atoms with E-state index in [1.807, 2.05) is 37.3 Å². The molecule has 28 heavy (non-hydrogen) atoms. The molecule has 0 saturated carbocycles. The number of carbonyl (C=O) groups is 1. The standard InChI is InChI=1S/C21H18FN5O/c1-14-19(16-5-3-2-4-6-16)25-26-20(14)21(28)24-18-11-23-27(13-18)12-15-7-9-17(22)10-8-15/h2-11,13H,12H2,1H3,(H,24,28)(H,25,26). The number of nitrogens with one attached hydrogen (secondary N) is 2. The Morgan fingerprint density at radius 2 is 1.89 bits per heavy atom. The Morgan fingerprint density at radius 1 is 1.14 bits per heavy atom. The van der Waals surface area contributed by atoms with Crippen LogP contribution in [0.4, 0.5) is 10.1 Å². The van der Waals surface area contributed by atoms with Gasteiger partial charge < -0.3 is 5.32 Å². The summed E-state index contributed by atoms with van der Waals surface area (Å²) in [5, 5.41) is 14.2. The quantitative estimate of drug-likeness (QED) is 0.553. The summed E-state index contributed by atoms with van der Waals surface area (Å²) in [5.74, 6) is -0.560. The molecule has 0 aliphatic rings. The van der Waals surface area contributed by atoms with Gasteiger partial charge in [-0.05, 0) is 24.6 Å². The summed E-state index contributed by atoms with van der Waals surface area (Å²) in [7, 11) is 0. The molecule has 2 heterocycles. The Kier molecular flexibility index (Phi) is 4.72. The maximum atomic E-state index is 13.0. The Bertz CT molecular complexity index is 1100. The molecular formula is C21H18FN5O. The molecule has 0 radical (unpaired) electrons. The topological polar surface area (TPSA) is 75.6 Å². The van der Waals surface area contributed by atoms with Gasteiger partial charge in [-0.25, -0.2) is 4.39 Å². The monoisotopic (exact) mass is 375 g/mol. The normalized spacial score (nSPS) is 10.8. The Balaban J connectivity index is 1.47. The highest BCUT2D eigenvalue weighted by molar-refractivity contribution is 6.04. The number of hydrogen-bond acceptors (Lipinski definition) is 3. The van der Waals surface area contributed by atoms with E-state index in [1.54, 1.807) is 29.2 Å². The molecule has 4 aromatic rings. The minimum atomic E-state index is -0.284.